The molecule has 0 bridgehead atoms. The molecule has 1 saturated heterocycles. The van der Waals surface area contributed by atoms with Gasteiger partial charge in [-0.25, -0.2) is 0 Å². The zero-order chi connectivity index (χ0) is 13.9. The third-order valence-electron chi connectivity index (χ3n) is 3.28. The smallest absolute Gasteiger partial charge is 0.255 e. The van der Waals surface area contributed by atoms with Crippen molar-refractivity contribution in [1.82, 2.24) is 5.32 Å². The van der Waals surface area contributed by atoms with Gasteiger partial charge in [0.2, 0.25) is 0 Å². The lowest BCUT2D eigenvalue weighted by molar-refractivity contribution is -0.0148. The first kappa shape index (κ1) is 14.3. The number of ether oxygens (including phenoxy) is 2. The van der Waals surface area contributed by atoms with Crippen molar-refractivity contribution >= 4 is 21.8 Å². The monoisotopic (exact) mass is 329 g/mol. The number of halogens is 1. The van der Waals surface area contributed by atoms with Gasteiger partial charge in [-0.1, -0.05) is 15.9 Å². The van der Waals surface area contributed by atoms with Crippen molar-refractivity contribution in [2.24, 2.45) is 0 Å². The topological polar surface area (TPSA) is 67.8 Å². The summed E-state index contributed by atoms with van der Waals surface area (Å²) in [7, 11) is 1.61. The zero-order valence-electron chi connectivity index (χ0n) is 10.6. The van der Waals surface area contributed by atoms with Crippen molar-refractivity contribution in [1.29, 1.82) is 0 Å². The second kappa shape index (κ2) is 5.90. The van der Waals surface area contributed by atoms with Crippen molar-refractivity contribution < 1.29 is 19.4 Å². The Morgan fingerprint density at radius 2 is 2.42 bits per heavy atom. The maximum atomic E-state index is 12.0. The zero-order valence-corrected chi connectivity index (χ0v) is 12.2. The highest BCUT2D eigenvalue weighted by molar-refractivity contribution is 9.10. The fraction of sp³-hybridized carbons (Fsp3) is 0.462. The number of rotatable bonds is 4. The standard InChI is InChI=1S/C13H16BrNO4/c1-18-13(4-5-19-8-13)7-15-12(17)10-3-2-9(14)6-11(10)16/h2-3,6,16H,4-5,7-8H2,1H3,(H,15,17). The minimum Gasteiger partial charge on any atom is -0.507 e. The average Bonchev–Trinajstić information content (AvgIpc) is 2.85. The van der Waals surface area contributed by atoms with Crippen LogP contribution in [-0.2, 0) is 9.47 Å². The summed E-state index contributed by atoms with van der Waals surface area (Å²) in [6.45, 7) is 1.46. The molecular weight excluding hydrogens is 314 g/mol. The number of benzene rings is 1. The molecule has 0 saturated carbocycles. The molecular formula is C13H16BrNO4. The molecule has 0 aromatic heterocycles. The Kier molecular flexibility index (Phi) is 4.44. The molecule has 1 fully saturated rings. The Morgan fingerprint density at radius 3 is 3.00 bits per heavy atom. The number of methoxy groups -OCH3 is 1. The van der Waals surface area contributed by atoms with Crippen LogP contribution in [0.1, 0.15) is 16.8 Å². The molecule has 104 valence electrons. The van der Waals surface area contributed by atoms with Gasteiger partial charge in [0.25, 0.3) is 5.91 Å². The molecule has 6 heteroatoms. The fourth-order valence-electron chi connectivity index (χ4n) is 1.99. The Balaban J connectivity index is 2.01. The third-order valence-corrected chi connectivity index (χ3v) is 3.77. The van der Waals surface area contributed by atoms with E-state index in [2.05, 4.69) is 21.2 Å². The molecule has 19 heavy (non-hydrogen) atoms. The van der Waals surface area contributed by atoms with E-state index >= 15 is 0 Å². The summed E-state index contributed by atoms with van der Waals surface area (Å²) in [6.07, 6.45) is 0.746. The average molecular weight is 330 g/mol. The molecule has 0 aliphatic carbocycles. The third kappa shape index (κ3) is 3.26. The molecule has 2 N–H and O–H groups in total. The van der Waals surface area contributed by atoms with Crippen LogP contribution in [-0.4, -0.2) is 43.5 Å². The lowest BCUT2D eigenvalue weighted by Crippen LogP contribution is -2.45. The Hall–Kier alpha value is -1.11. The molecule has 1 heterocycles. The molecule has 1 aromatic carbocycles. The first-order chi connectivity index (χ1) is 9.06. The Labute approximate surface area is 120 Å². The number of carbonyl (C=O) groups excluding carboxylic acids is 1. The first-order valence-electron chi connectivity index (χ1n) is 5.96. The van der Waals surface area contributed by atoms with E-state index in [9.17, 15) is 9.90 Å². The number of nitrogens with one attached hydrogen (secondary N) is 1. The molecule has 0 spiro atoms. The van der Waals surface area contributed by atoms with Crippen LogP contribution in [0, 0.1) is 0 Å². The van der Waals surface area contributed by atoms with E-state index in [1.807, 2.05) is 0 Å². The second-order valence-electron chi connectivity index (χ2n) is 4.53. The van der Waals surface area contributed by atoms with E-state index in [0.717, 1.165) is 10.9 Å². The molecule has 1 aromatic rings. The lowest BCUT2D eigenvalue weighted by Gasteiger charge is -2.25. The van der Waals surface area contributed by atoms with Crippen LogP contribution in [0.2, 0.25) is 0 Å². The van der Waals surface area contributed by atoms with Gasteiger partial charge >= 0.3 is 0 Å². The van der Waals surface area contributed by atoms with Crippen molar-refractivity contribution in [2.45, 2.75) is 12.0 Å². The van der Waals surface area contributed by atoms with E-state index in [-0.39, 0.29) is 17.2 Å². The van der Waals surface area contributed by atoms with E-state index < -0.39 is 5.60 Å². The van der Waals surface area contributed by atoms with Gasteiger partial charge in [0, 0.05) is 31.2 Å². The molecule has 1 amide bonds. The SMILES string of the molecule is COC1(CNC(=O)c2ccc(Br)cc2O)CCOC1. The molecule has 1 atom stereocenters. The van der Waals surface area contributed by atoms with Gasteiger partial charge in [0.1, 0.15) is 11.4 Å². The van der Waals surface area contributed by atoms with E-state index in [1.54, 1.807) is 19.2 Å². The van der Waals surface area contributed by atoms with Crippen molar-refractivity contribution in [2.75, 3.05) is 26.9 Å². The van der Waals surface area contributed by atoms with E-state index in [1.165, 1.54) is 6.07 Å². The summed E-state index contributed by atoms with van der Waals surface area (Å²) in [4.78, 5) is 12.0. The quantitative estimate of drug-likeness (QED) is 0.882. The normalized spacial score (nSPS) is 22.4. The van der Waals surface area contributed by atoms with Crippen LogP contribution in [0.3, 0.4) is 0 Å². The summed E-state index contributed by atoms with van der Waals surface area (Å²) in [5, 5.41) is 12.5. The van der Waals surface area contributed by atoms with Gasteiger partial charge in [0.15, 0.2) is 0 Å². The van der Waals surface area contributed by atoms with Crippen molar-refractivity contribution in [3.63, 3.8) is 0 Å². The highest BCUT2D eigenvalue weighted by Crippen LogP contribution is 2.24. The second-order valence-corrected chi connectivity index (χ2v) is 5.45. The van der Waals surface area contributed by atoms with Crippen molar-refractivity contribution in [3.05, 3.63) is 28.2 Å². The van der Waals surface area contributed by atoms with Crippen LogP contribution in [0.15, 0.2) is 22.7 Å². The predicted octanol–water partition coefficient (Wildman–Crippen LogP) is 1.69. The number of hydrogen-bond acceptors (Lipinski definition) is 4. The molecule has 1 unspecified atom stereocenters. The number of aromatic hydroxyl groups is 1. The van der Waals surface area contributed by atoms with E-state index in [4.69, 9.17) is 9.47 Å². The van der Waals surface area contributed by atoms with Crippen LogP contribution in [0.25, 0.3) is 0 Å². The summed E-state index contributed by atoms with van der Waals surface area (Å²) in [5.41, 5.74) is -0.214. The Morgan fingerprint density at radius 1 is 1.63 bits per heavy atom. The number of carbonyl (C=O) groups is 1. The molecule has 2 rings (SSSR count). The maximum absolute atomic E-state index is 12.0. The summed E-state index contributed by atoms with van der Waals surface area (Å²) < 4.78 is 11.4. The highest BCUT2D eigenvalue weighted by Gasteiger charge is 2.35. The number of phenolic OH excluding ortho intramolecular Hbond substituents is 1. The van der Waals surface area contributed by atoms with Gasteiger partial charge in [-0.05, 0) is 18.2 Å². The molecule has 0 radical (unpaired) electrons. The highest BCUT2D eigenvalue weighted by atomic mass is 79.9. The number of hydrogen-bond donors (Lipinski definition) is 2. The van der Waals surface area contributed by atoms with Gasteiger partial charge < -0.3 is 19.9 Å². The molecule has 5 nitrogen and oxygen atoms in total. The summed E-state index contributed by atoms with van der Waals surface area (Å²) in [6, 6.07) is 4.76. The van der Waals surface area contributed by atoms with E-state index in [0.29, 0.717) is 19.8 Å². The van der Waals surface area contributed by atoms with Gasteiger partial charge in [-0.2, -0.15) is 0 Å². The number of amides is 1. The maximum Gasteiger partial charge on any atom is 0.255 e. The van der Waals surface area contributed by atoms with Gasteiger partial charge in [0.05, 0.1) is 12.2 Å². The molecule has 1 aliphatic rings. The fourth-order valence-corrected chi connectivity index (χ4v) is 2.34. The van der Waals surface area contributed by atoms with Crippen LogP contribution < -0.4 is 5.32 Å². The van der Waals surface area contributed by atoms with Crippen LogP contribution in [0.4, 0.5) is 0 Å². The summed E-state index contributed by atoms with van der Waals surface area (Å²) >= 11 is 3.23. The van der Waals surface area contributed by atoms with Gasteiger partial charge in [-0.15, -0.1) is 0 Å². The van der Waals surface area contributed by atoms with Crippen LogP contribution >= 0.6 is 15.9 Å². The van der Waals surface area contributed by atoms with Gasteiger partial charge in [-0.3, -0.25) is 4.79 Å². The molecule has 1 aliphatic heterocycles. The first-order valence-corrected chi connectivity index (χ1v) is 6.75. The Bertz CT molecular complexity index is 472. The predicted molar refractivity (Wildman–Crippen MR) is 73.3 cm³/mol. The minimum absolute atomic E-state index is 0.0546. The number of phenols is 1. The summed E-state index contributed by atoms with van der Waals surface area (Å²) in [5.74, 6) is -0.380. The van der Waals surface area contributed by atoms with Crippen LogP contribution in [0.5, 0.6) is 5.75 Å². The minimum atomic E-state index is -0.458. The largest absolute Gasteiger partial charge is 0.507 e. The van der Waals surface area contributed by atoms with Crippen molar-refractivity contribution in [3.8, 4) is 5.75 Å². The lowest BCUT2D eigenvalue weighted by atomic mass is 10.0.